The molecule has 8 heteroatoms. The molecule has 7 nitrogen and oxygen atoms in total. The van der Waals surface area contributed by atoms with Crippen molar-refractivity contribution in [3.63, 3.8) is 0 Å². The highest BCUT2D eigenvalue weighted by Gasteiger charge is 2.14. The topological polar surface area (TPSA) is 99.5 Å². The summed E-state index contributed by atoms with van der Waals surface area (Å²) >= 11 is 1.34. The second kappa shape index (κ2) is 10.8. The van der Waals surface area contributed by atoms with Gasteiger partial charge in [0.2, 0.25) is 0 Å². The van der Waals surface area contributed by atoms with Crippen LogP contribution < -0.4 is 21.7 Å². The van der Waals surface area contributed by atoms with Crippen LogP contribution in [-0.2, 0) is 6.54 Å². The van der Waals surface area contributed by atoms with Crippen molar-refractivity contribution in [1.29, 1.82) is 0 Å². The molecular weight excluding hydrogens is 386 g/mol. The third kappa shape index (κ3) is 7.07. The van der Waals surface area contributed by atoms with Gasteiger partial charge in [-0.2, -0.15) is 0 Å². The highest BCUT2D eigenvalue weighted by atomic mass is 32.1. The van der Waals surface area contributed by atoms with Crippen LogP contribution in [0.2, 0.25) is 0 Å². The van der Waals surface area contributed by atoms with Crippen molar-refractivity contribution >= 4 is 34.6 Å². The fourth-order valence-electron chi connectivity index (χ4n) is 3.03. The number of nitrogens with zero attached hydrogens (tertiary/aromatic N) is 1. The van der Waals surface area contributed by atoms with Gasteiger partial charge in [-0.05, 0) is 52.0 Å². The van der Waals surface area contributed by atoms with Gasteiger partial charge in [-0.15, -0.1) is 11.3 Å². The Morgan fingerprint density at radius 3 is 2.38 bits per heavy atom. The van der Waals surface area contributed by atoms with Crippen molar-refractivity contribution in [3.8, 4) is 0 Å². The van der Waals surface area contributed by atoms with Gasteiger partial charge >= 0.3 is 6.03 Å². The molecule has 0 radical (unpaired) electrons. The van der Waals surface area contributed by atoms with Crippen molar-refractivity contribution in [2.75, 3.05) is 24.1 Å². The minimum absolute atomic E-state index is 0.214. The van der Waals surface area contributed by atoms with Gasteiger partial charge in [-0.1, -0.05) is 12.1 Å². The number of para-hydroxylation sites is 2. The summed E-state index contributed by atoms with van der Waals surface area (Å²) < 4.78 is 0. The van der Waals surface area contributed by atoms with E-state index in [-0.39, 0.29) is 11.9 Å². The standard InChI is InChI=1S/C21H31N5O2S/c1-14(2)26(15(3)4)12-11-23-21(28)24-13-16-9-10-19(29-16)20(27)25-18-8-6-5-7-17(18)22/h5-10,14-15H,11-13,22H2,1-4H3,(H,25,27)(H2,23,24,28). The van der Waals surface area contributed by atoms with Crippen molar-refractivity contribution in [2.24, 2.45) is 0 Å². The molecule has 0 saturated heterocycles. The zero-order chi connectivity index (χ0) is 21.4. The maximum absolute atomic E-state index is 12.4. The van der Waals surface area contributed by atoms with Crippen LogP contribution >= 0.6 is 11.3 Å². The molecule has 0 saturated carbocycles. The SMILES string of the molecule is CC(C)N(CCNC(=O)NCc1ccc(C(=O)Nc2ccccc2N)s1)C(C)C. The van der Waals surface area contributed by atoms with Crippen molar-refractivity contribution in [1.82, 2.24) is 15.5 Å². The average molecular weight is 418 g/mol. The number of amides is 3. The Hall–Kier alpha value is -2.58. The van der Waals surface area contributed by atoms with Crippen molar-refractivity contribution in [2.45, 2.75) is 46.3 Å². The van der Waals surface area contributed by atoms with E-state index in [1.165, 1.54) is 11.3 Å². The quantitative estimate of drug-likeness (QED) is 0.469. The molecule has 0 fully saturated rings. The lowest BCUT2D eigenvalue weighted by atomic mass is 10.2. The molecule has 0 aliphatic rings. The molecular formula is C21H31N5O2S. The Morgan fingerprint density at radius 2 is 1.72 bits per heavy atom. The Bertz CT molecular complexity index is 811. The van der Waals surface area contributed by atoms with Crippen molar-refractivity contribution in [3.05, 3.63) is 46.2 Å². The van der Waals surface area contributed by atoms with Crippen LogP contribution in [0.3, 0.4) is 0 Å². The number of carbonyl (C=O) groups is 2. The summed E-state index contributed by atoms with van der Waals surface area (Å²) in [5.74, 6) is -0.217. The number of rotatable bonds is 9. The van der Waals surface area contributed by atoms with E-state index in [1.54, 1.807) is 18.2 Å². The van der Waals surface area contributed by atoms with Gasteiger partial charge in [-0.25, -0.2) is 4.79 Å². The first-order valence-corrected chi connectivity index (χ1v) is 10.6. The molecule has 29 heavy (non-hydrogen) atoms. The number of hydrogen-bond donors (Lipinski definition) is 4. The summed E-state index contributed by atoms with van der Waals surface area (Å²) in [4.78, 5) is 28.2. The number of carbonyl (C=O) groups excluding carboxylic acids is 2. The van der Waals surface area contributed by atoms with Crippen LogP contribution in [0.15, 0.2) is 36.4 Å². The van der Waals surface area contributed by atoms with Crippen LogP contribution in [0.4, 0.5) is 16.2 Å². The maximum atomic E-state index is 12.4. The number of nitrogens with two attached hydrogens (primary N) is 1. The molecule has 0 atom stereocenters. The molecule has 0 aliphatic carbocycles. The molecule has 1 aromatic carbocycles. The maximum Gasteiger partial charge on any atom is 0.315 e. The molecule has 1 heterocycles. The third-order valence-corrected chi connectivity index (χ3v) is 5.58. The Labute approximate surface area is 176 Å². The smallest absolute Gasteiger partial charge is 0.315 e. The number of urea groups is 1. The molecule has 1 aromatic heterocycles. The largest absolute Gasteiger partial charge is 0.397 e. The van der Waals surface area contributed by atoms with E-state index in [9.17, 15) is 9.59 Å². The van der Waals surface area contributed by atoms with Gasteiger partial charge in [0, 0.05) is 30.1 Å². The van der Waals surface area contributed by atoms with Crippen molar-refractivity contribution < 1.29 is 9.59 Å². The highest BCUT2D eigenvalue weighted by molar-refractivity contribution is 7.14. The monoisotopic (exact) mass is 417 g/mol. The summed E-state index contributed by atoms with van der Waals surface area (Å²) in [6.07, 6.45) is 0. The predicted molar refractivity (Wildman–Crippen MR) is 120 cm³/mol. The summed E-state index contributed by atoms with van der Waals surface area (Å²) in [6.45, 7) is 10.4. The van der Waals surface area contributed by atoms with Gasteiger partial charge in [0.15, 0.2) is 0 Å². The van der Waals surface area contributed by atoms with E-state index in [0.717, 1.165) is 11.4 Å². The van der Waals surface area contributed by atoms with Gasteiger partial charge < -0.3 is 21.7 Å². The summed E-state index contributed by atoms with van der Waals surface area (Å²) in [7, 11) is 0. The van der Waals surface area contributed by atoms with Gasteiger partial charge in [0.25, 0.3) is 5.91 Å². The Kier molecular flexibility index (Phi) is 8.48. The Balaban J connectivity index is 1.77. The van der Waals surface area contributed by atoms with E-state index in [0.29, 0.717) is 41.4 Å². The molecule has 5 N–H and O–H groups in total. The van der Waals surface area contributed by atoms with Gasteiger partial charge in [-0.3, -0.25) is 9.69 Å². The molecule has 0 aliphatic heterocycles. The lowest BCUT2D eigenvalue weighted by Crippen LogP contribution is -2.44. The lowest BCUT2D eigenvalue weighted by Gasteiger charge is -2.30. The van der Waals surface area contributed by atoms with E-state index in [4.69, 9.17) is 5.73 Å². The number of hydrogen-bond acceptors (Lipinski definition) is 5. The first-order valence-electron chi connectivity index (χ1n) is 9.80. The number of nitrogens with one attached hydrogen (secondary N) is 3. The van der Waals surface area contributed by atoms with E-state index in [1.807, 2.05) is 18.2 Å². The van der Waals surface area contributed by atoms with Crippen LogP contribution in [0.25, 0.3) is 0 Å². The third-order valence-electron chi connectivity index (χ3n) is 4.50. The second-order valence-electron chi connectivity index (χ2n) is 7.34. The second-order valence-corrected chi connectivity index (χ2v) is 8.51. The van der Waals surface area contributed by atoms with Crippen LogP contribution in [0, 0.1) is 0 Å². The number of thiophene rings is 1. The summed E-state index contributed by atoms with van der Waals surface area (Å²) in [6, 6.07) is 11.4. The first kappa shape index (κ1) is 22.7. The highest BCUT2D eigenvalue weighted by Crippen LogP contribution is 2.21. The Morgan fingerprint density at radius 1 is 1.03 bits per heavy atom. The predicted octanol–water partition coefficient (Wildman–Crippen LogP) is 3.50. The molecule has 0 bridgehead atoms. The average Bonchev–Trinajstić information content (AvgIpc) is 3.14. The number of anilines is 2. The van der Waals surface area contributed by atoms with Crippen LogP contribution in [0.1, 0.15) is 42.2 Å². The zero-order valence-corrected chi connectivity index (χ0v) is 18.3. The van der Waals surface area contributed by atoms with E-state index < -0.39 is 0 Å². The minimum atomic E-state index is -0.217. The fraction of sp³-hybridized carbons (Fsp3) is 0.429. The van der Waals surface area contributed by atoms with Gasteiger partial charge in [0.1, 0.15) is 0 Å². The normalized spacial score (nSPS) is 11.1. The molecule has 2 aromatic rings. The van der Waals surface area contributed by atoms with Crippen LogP contribution in [-0.4, -0.2) is 42.0 Å². The summed E-state index contributed by atoms with van der Waals surface area (Å²) in [5.41, 5.74) is 6.96. The number of nitrogen functional groups attached to an aromatic ring is 1. The molecule has 3 amide bonds. The molecule has 158 valence electrons. The fourth-order valence-corrected chi connectivity index (χ4v) is 3.87. The molecule has 0 unspecified atom stereocenters. The molecule has 0 spiro atoms. The minimum Gasteiger partial charge on any atom is -0.397 e. The molecule has 2 rings (SSSR count). The number of benzene rings is 1. The first-order chi connectivity index (χ1) is 13.8. The zero-order valence-electron chi connectivity index (χ0n) is 17.5. The van der Waals surface area contributed by atoms with E-state index in [2.05, 4.69) is 48.5 Å². The van der Waals surface area contributed by atoms with E-state index >= 15 is 0 Å². The van der Waals surface area contributed by atoms with Gasteiger partial charge in [0.05, 0.1) is 22.8 Å². The van der Waals surface area contributed by atoms with Crippen LogP contribution in [0.5, 0.6) is 0 Å². The lowest BCUT2D eigenvalue weighted by molar-refractivity contribution is 0.103. The summed E-state index contributed by atoms with van der Waals surface area (Å²) in [5, 5.41) is 8.52.